The molecule has 0 fully saturated rings. The van der Waals surface area contributed by atoms with E-state index in [1.165, 1.54) is 50.7 Å². The summed E-state index contributed by atoms with van der Waals surface area (Å²) in [7, 11) is 0. The normalized spacial score (nSPS) is 17.2. The number of rotatable bonds is 3. The van der Waals surface area contributed by atoms with Gasteiger partial charge in [-0.3, -0.25) is 0 Å². The molecule has 0 radical (unpaired) electrons. The molecule has 31 heavy (non-hydrogen) atoms. The van der Waals surface area contributed by atoms with Crippen LogP contribution in [-0.4, -0.2) is 4.57 Å². The molecular weight excluding hydrogens is 376 g/mol. The number of aromatic nitrogens is 2. The van der Waals surface area contributed by atoms with Crippen LogP contribution >= 0.6 is 0 Å². The molecule has 3 aromatic carbocycles. The number of imidazole rings is 1. The van der Waals surface area contributed by atoms with Crippen molar-refractivity contribution in [1.29, 1.82) is 0 Å². The minimum Gasteiger partial charge on any atom is -0.210 e. The third-order valence-corrected chi connectivity index (χ3v) is 6.82. The molecule has 2 nitrogen and oxygen atoms in total. The number of benzene rings is 3. The predicted octanol–water partition coefficient (Wildman–Crippen LogP) is 6.46. The second kappa shape index (κ2) is 7.09. The van der Waals surface area contributed by atoms with Crippen LogP contribution in [0.15, 0.2) is 78.9 Å². The van der Waals surface area contributed by atoms with Gasteiger partial charge < -0.3 is 0 Å². The number of aryl methyl sites for hydroxylation is 3. The first-order valence-corrected chi connectivity index (χ1v) is 11.0. The van der Waals surface area contributed by atoms with E-state index >= 15 is 0 Å². The summed E-state index contributed by atoms with van der Waals surface area (Å²) in [6.45, 7) is 11.2. The summed E-state index contributed by atoms with van der Waals surface area (Å²) in [5.74, 6) is 1.24. The van der Waals surface area contributed by atoms with Crippen LogP contribution in [0.1, 0.15) is 40.6 Å². The van der Waals surface area contributed by atoms with Gasteiger partial charge in [-0.05, 0) is 62.6 Å². The second-order valence-corrected chi connectivity index (χ2v) is 8.87. The molecule has 1 aliphatic rings. The zero-order chi connectivity index (χ0) is 21.8. The van der Waals surface area contributed by atoms with Crippen molar-refractivity contribution in [3.63, 3.8) is 0 Å². The van der Waals surface area contributed by atoms with E-state index in [1.54, 1.807) is 0 Å². The molecule has 0 N–H and O–H groups in total. The highest BCUT2D eigenvalue weighted by atomic mass is 15.2. The fourth-order valence-corrected chi connectivity index (χ4v) is 5.13. The molecule has 2 heteroatoms. The molecule has 0 bridgehead atoms. The Kier molecular flexibility index (Phi) is 4.48. The van der Waals surface area contributed by atoms with Gasteiger partial charge in [0.05, 0.1) is 5.56 Å². The van der Waals surface area contributed by atoms with Crippen LogP contribution in [0.5, 0.6) is 0 Å². The molecule has 1 aliphatic heterocycles. The number of para-hydroxylation sites is 1. The zero-order valence-electron chi connectivity index (χ0n) is 19.0. The summed E-state index contributed by atoms with van der Waals surface area (Å²) >= 11 is 0. The SMILES string of the molecule is Cc1ccccc1-n1c(C)c2[n+](c1-c1c(C)cccc1C)C(C)(c1ccccc1)C=C2. The van der Waals surface area contributed by atoms with E-state index in [9.17, 15) is 0 Å². The van der Waals surface area contributed by atoms with E-state index in [4.69, 9.17) is 0 Å². The van der Waals surface area contributed by atoms with Gasteiger partial charge in [-0.25, -0.2) is 4.57 Å². The predicted molar refractivity (Wildman–Crippen MR) is 129 cm³/mol. The lowest BCUT2D eigenvalue weighted by Crippen LogP contribution is -2.54. The maximum Gasteiger partial charge on any atom is 0.296 e. The van der Waals surface area contributed by atoms with E-state index in [2.05, 4.69) is 129 Å². The Morgan fingerprint density at radius 1 is 0.710 bits per heavy atom. The second-order valence-electron chi connectivity index (χ2n) is 8.87. The first kappa shape index (κ1) is 19.6. The first-order chi connectivity index (χ1) is 14.9. The first-order valence-electron chi connectivity index (χ1n) is 11.0. The summed E-state index contributed by atoms with van der Waals surface area (Å²) in [4.78, 5) is 0. The number of hydrogen-bond acceptors (Lipinski definition) is 0. The average Bonchev–Trinajstić information content (AvgIpc) is 3.26. The molecule has 4 aromatic rings. The lowest BCUT2D eigenvalue weighted by Gasteiger charge is -2.24. The van der Waals surface area contributed by atoms with Crippen LogP contribution in [0.3, 0.4) is 0 Å². The largest absolute Gasteiger partial charge is 0.296 e. The van der Waals surface area contributed by atoms with Gasteiger partial charge in [0, 0.05) is 12.5 Å². The van der Waals surface area contributed by atoms with E-state index in [0.717, 1.165) is 0 Å². The molecule has 0 amide bonds. The molecule has 1 unspecified atom stereocenters. The third-order valence-electron chi connectivity index (χ3n) is 6.82. The van der Waals surface area contributed by atoms with E-state index in [1.807, 2.05) is 0 Å². The molecule has 0 saturated carbocycles. The molecule has 0 saturated heterocycles. The fourth-order valence-electron chi connectivity index (χ4n) is 5.13. The quantitative estimate of drug-likeness (QED) is 0.346. The number of nitrogens with zero attached hydrogens (tertiary/aromatic N) is 2. The lowest BCUT2D eigenvalue weighted by molar-refractivity contribution is -0.725. The van der Waals surface area contributed by atoms with Gasteiger partial charge in [-0.1, -0.05) is 66.7 Å². The van der Waals surface area contributed by atoms with Crippen LogP contribution in [0, 0.1) is 27.7 Å². The van der Waals surface area contributed by atoms with Gasteiger partial charge in [-0.2, -0.15) is 4.57 Å². The van der Waals surface area contributed by atoms with E-state index < -0.39 is 0 Å². The number of hydrogen-bond donors (Lipinski definition) is 0. The summed E-state index contributed by atoms with van der Waals surface area (Å²) in [6, 6.07) is 26.1. The zero-order valence-corrected chi connectivity index (χ0v) is 19.0. The van der Waals surface area contributed by atoms with Gasteiger partial charge in [-0.15, -0.1) is 0 Å². The molecule has 2 heterocycles. The fraction of sp³-hybridized carbons (Fsp3) is 0.207. The molecular formula is C29H29N2+. The minimum absolute atomic E-state index is 0.251. The van der Waals surface area contributed by atoms with Crippen molar-refractivity contribution in [2.24, 2.45) is 0 Å². The van der Waals surface area contributed by atoms with Gasteiger partial charge >= 0.3 is 0 Å². The Bertz CT molecular complexity index is 1300. The highest BCUT2D eigenvalue weighted by molar-refractivity contribution is 5.69. The third kappa shape index (κ3) is 2.82. The van der Waals surface area contributed by atoms with E-state index in [-0.39, 0.29) is 5.54 Å². The van der Waals surface area contributed by atoms with Crippen molar-refractivity contribution in [3.05, 3.63) is 113 Å². The monoisotopic (exact) mass is 405 g/mol. The Morgan fingerprint density at radius 3 is 2.00 bits per heavy atom. The van der Waals surface area contributed by atoms with Crippen LogP contribution in [0.4, 0.5) is 0 Å². The Balaban J connectivity index is 1.94. The van der Waals surface area contributed by atoms with Crippen LogP contribution in [0.25, 0.3) is 23.2 Å². The molecule has 1 aromatic heterocycles. The van der Waals surface area contributed by atoms with Crippen molar-refractivity contribution in [1.82, 2.24) is 4.57 Å². The number of fused-ring (bicyclic) bond motifs is 1. The maximum atomic E-state index is 2.54. The Morgan fingerprint density at radius 2 is 1.32 bits per heavy atom. The molecule has 0 aliphatic carbocycles. The topological polar surface area (TPSA) is 8.81 Å². The summed E-state index contributed by atoms with van der Waals surface area (Å²) < 4.78 is 5.00. The molecule has 154 valence electrons. The molecule has 0 spiro atoms. The molecule has 1 atom stereocenters. The van der Waals surface area contributed by atoms with Crippen molar-refractivity contribution < 1.29 is 4.57 Å². The van der Waals surface area contributed by atoms with Gasteiger partial charge in [0.25, 0.3) is 5.82 Å². The van der Waals surface area contributed by atoms with Gasteiger partial charge in [0.1, 0.15) is 5.69 Å². The van der Waals surface area contributed by atoms with E-state index in [0.29, 0.717) is 0 Å². The van der Waals surface area contributed by atoms with Crippen LogP contribution in [-0.2, 0) is 5.54 Å². The standard InChI is InChI=1S/C29H29N2/c1-20-12-9-10-17-25(20)30-23(4)26-18-19-29(5,24-15-7-6-8-16-24)31(26)28(30)27-21(2)13-11-14-22(27)3/h6-19H,1-5H3/q+1. The van der Waals surface area contributed by atoms with Gasteiger partial charge in [0.15, 0.2) is 16.9 Å². The average molecular weight is 406 g/mol. The minimum atomic E-state index is -0.251. The van der Waals surface area contributed by atoms with Crippen LogP contribution < -0.4 is 4.57 Å². The Hall–Kier alpha value is -3.39. The highest BCUT2D eigenvalue weighted by Gasteiger charge is 2.45. The van der Waals surface area contributed by atoms with Crippen molar-refractivity contribution in [3.8, 4) is 17.1 Å². The Labute approximate surface area is 185 Å². The molecule has 5 rings (SSSR count). The van der Waals surface area contributed by atoms with Crippen molar-refractivity contribution in [2.75, 3.05) is 0 Å². The number of allylic oxidation sites excluding steroid dienone is 1. The maximum absolute atomic E-state index is 2.54. The van der Waals surface area contributed by atoms with Gasteiger partial charge in [0.2, 0.25) is 0 Å². The summed E-state index contributed by atoms with van der Waals surface area (Å²) in [5.41, 5.74) is 10.0. The van der Waals surface area contributed by atoms with Crippen molar-refractivity contribution in [2.45, 2.75) is 40.2 Å². The van der Waals surface area contributed by atoms with Crippen molar-refractivity contribution >= 4 is 6.08 Å². The van der Waals surface area contributed by atoms with Crippen LogP contribution in [0.2, 0.25) is 0 Å². The highest BCUT2D eigenvalue weighted by Crippen LogP contribution is 2.38. The summed E-state index contributed by atoms with van der Waals surface area (Å²) in [6.07, 6.45) is 4.65. The lowest BCUT2D eigenvalue weighted by atomic mass is 9.91. The smallest absolute Gasteiger partial charge is 0.210 e. The summed E-state index contributed by atoms with van der Waals surface area (Å²) in [5, 5.41) is 0.